The number of benzene rings is 2. The third-order valence-corrected chi connectivity index (χ3v) is 4.72. The number of amides is 1. The molecule has 0 bridgehead atoms. The number of hydrogen-bond acceptors (Lipinski definition) is 2. The van der Waals surface area contributed by atoms with Gasteiger partial charge in [0.05, 0.1) is 0 Å². The van der Waals surface area contributed by atoms with Gasteiger partial charge in [-0.15, -0.1) is 0 Å². The van der Waals surface area contributed by atoms with Crippen LogP contribution in [0.15, 0.2) is 53.0 Å². The first-order chi connectivity index (χ1) is 10.6. The molecule has 4 heteroatoms. The number of nitrogens with zero attached hydrogens (tertiary/aromatic N) is 1. The van der Waals surface area contributed by atoms with Crippen LogP contribution in [0.4, 0.5) is 5.69 Å². The van der Waals surface area contributed by atoms with Crippen molar-refractivity contribution in [2.75, 3.05) is 18.9 Å². The highest BCUT2D eigenvalue weighted by atomic mass is 79.9. The highest BCUT2D eigenvalue weighted by Gasteiger charge is 2.26. The molecule has 22 heavy (non-hydrogen) atoms. The number of fused-ring (bicyclic) bond motifs is 1. The Morgan fingerprint density at radius 1 is 1.23 bits per heavy atom. The quantitative estimate of drug-likeness (QED) is 0.898. The first-order valence-electron chi connectivity index (χ1n) is 7.47. The fraction of sp³-hybridized carbons (Fsp3) is 0.278. The predicted octanol–water partition coefficient (Wildman–Crippen LogP) is 4.01. The molecule has 1 N–H and O–H groups in total. The average Bonchev–Trinajstić information content (AvgIpc) is 2.52. The number of hydrogen-bond donors (Lipinski definition) is 1. The van der Waals surface area contributed by atoms with Crippen molar-refractivity contribution in [2.24, 2.45) is 0 Å². The van der Waals surface area contributed by atoms with Crippen LogP contribution in [0.1, 0.15) is 23.6 Å². The van der Waals surface area contributed by atoms with Crippen molar-refractivity contribution in [1.82, 2.24) is 4.90 Å². The van der Waals surface area contributed by atoms with E-state index in [4.69, 9.17) is 0 Å². The Bertz CT molecular complexity index is 669. The third kappa shape index (κ3) is 3.39. The largest absolute Gasteiger partial charge is 0.326 e. The number of likely N-dealkylation sites (N-methyl/N-ethyl adjacent to an activating group) is 1. The number of halogens is 1. The Morgan fingerprint density at radius 2 is 1.95 bits per heavy atom. The monoisotopic (exact) mass is 358 g/mol. The minimum atomic E-state index is 0.0517. The molecule has 1 aliphatic rings. The van der Waals surface area contributed by atoms with Gasteiger partial charge in [-0.3, -0.25) is 9.69 Å². The second-order valence-corrected chi connectivity index (χ2v) is 6.62. The Morgan fingerprint density at radius 3 is 2.73 bits per heavy atom. The fourth-order valence-electron chi connectivity index (χ4n) is 2.96. The molecule has 1 aliphatic heterocycles. The summed E-state index contributed by atoms with van der Waals surface area (Å²) in [6.07, 6.45) is 1.53. The molecule has 0 saturated carbocycles. The van der Waals surface area contributed by atoms with Gasteiger partial charge in [0.15, 0.2) is 0 Å². The molecule has 0 fully saturated rings. The van der Waals surface area contributed by atoms with Crippen molar-refractivity contribution in [3.63, 3.8) is 0 Å². The molecule has 1 atom stereocenters. The Labute approximate surface area is 139 Å². The molecule has 0 spiro atoms. The van der Waals surface area contributed by atoms with Crippen LogP contribution in [0, 0.1) is 0 Å². The Hall–Kier alpha value is -1.65. The first kappa shape index (κ1) is 15.3. The van der Waals surface area contributed by atoms with Crippen molar-refractivity contribution in [1.29, 1.82) is 0 Å². The van der Waals surface area contributed by atoms with Gasteiger partial charge in [0, 0.05) is 29.2 Å². The Kier molecular flexibility index (Phi) is 4.60. The van der Waals surface area contributed by atoms with Crippen molar-refractivity contribution >= 4 is 27.5 Å². The second-order valence-electron chi connectivity index (χ2n) is 5.70. The SMILES string of the molecule is CN1CCc2ccccc2C1CC(=O)Nc1ccc(Br)cc1. The van der Waals surface area contributed by atoms with E-state index in [-0.39, 0.29) is 11.9 Å². The average molecular weight is 359 g/mol. The smallest absolute Gasteiger partial charge is 0.226 e. The van der Waals surface area contributed by atoms with Crippen LogP contribution in [0.2, 0.25) is 0 Å². The molecular formula is C18H19BrN2O. The lowest BCUT2D eigenvalue weighted by atomic mass is 9.91. The minimum Gasteiger partial charge on any atom is -0.326 e. The third-order valence-electron chi connectivity index (χ3n) is 4.19. The summed E-state index contributed by atoms with van der Waals surface area (Å²) in [6.45, 7) is 0.993. The molecule has 1 heterocycles. The van der Waals surface area contributed by atoms with Gasteiger partial charge < -0.3 is 5.32 Å². The van der Waals surface area contributed by atoms with Crippen LogP contribution >= 0.6 is 15.9 Å². The zero-order valence-corrected chi connectivity index (χ0v) is 14.1. The molecule has 2 aromatic rings. The van der Waals surface area contributed by atoms with E-state index in [1.54, 1.807) is 0 Å². The van der Waals surface area contributed by atoms with Gasteiger partial charge in [0.25, 0.3) is 0 Å². The van der Waals surface area contributed by atoms with Crippen LogP contribution in [-0.2, 0) is 11.2 Å². The summed E-state index contributed by atoms with van der Waals surface area (Å²) in [4.78, 5) is 14.6. The molecule has 0 saturated heterocycles. The van der Waals surface area contributed by atoms with Crippen LogP contribution in [-0.4, -0.2) is 24.4 Å². The summed E-state index contributed by atoms with van der Waals surface area (Å²) < 4.78 is 1.01. The molecule has 1 amide bonds. The maximum atomic E-state index is 12.4. The van der Waals surface area contributed by atoms with Gasteiger partial charge in [-0.1, -0.05) is 40.2 Å². The van der Waals surface area contributed by atoms with Gasteiger partial charge in [-0.25, -0.2) is 0 Å². The number of anilines is 1. The van der Waals surface area contributed by atoms with Gasteiger partial charge in [-0.2, -0.15) is 0 Å². The lowest BCUT2D eigenvalue weighted by molar-refractivity contribution is -0.117. The first-order valence-corrected chi connectivity index (χ1v) is 8.26. The molecule has 0 aromatic heterocycles. The highest BCUT2D eigenvalue weighted by Crippen LogP contribution is 2.31. The molecule has 2 aromatic carbocycles. The van der Waals surface area contributed by atoms with E-state index < -0.39 is 0 Å². The number of carbonyl (C=O) groups excluding carboxylic acids is 1. The van der Waals surface area contributed by atoms with Crippen LogP contribution < -0.4 is 5.32 Å². The molecule has 3 rings (SSSR count). The molecule has 114 valence electrons. The highest BCUT2D eigenvalue weighted by molar-refractivity contribution is 9.10. The molecule has 0 radical (unpaired) electrons. The minimum absolute atomic E-state index is 0.0517. The van der Waals surface area contributed by atoms with E-state index in [0.717, 1.165) is 23.1 Å². The van der Waals surface area contributed by atoms with Crippen LogP contribution in [0.3, 0.4) is 0 Å². The van der Waals surface area contributed by atoms with E-state index in [1.165, 1.54) is 11.1 Å². The van der Waals surface area contributed by atoms with Crippen LogP contribution in [0.25, 0.3) is 0 Å². The number of nitrogens with one attached hydrogen (secondary N) is 1. The van der Waals surface area contributed by atoms with Gasteiger partial charge in [0.2, 0.25) is 5.91 Å². The van der Waals surface area contributed by atoms with Crippen molar-refractivity contribution in [3.8, 4) is 0 Å². The topological polar surface area (TPSA) is 32.3 Å². The van der Waals surface area contributed by atoms with Crippen molar-refractivity contribution in [3.05, 3.63) is 64.1 Å². The standard InChI is InChI=1S/C18H19BrN2O/c1-21-11-10-13-4-2-3-5-16(13)17(21)12-18(22)20-15-8-6-14(19)7-9-15/h2-9,17H,10-12H2,1H3,(H,20,22). The molecule has 1 unspecified atom stereocenters. The summed E-state index contributed by atoms with van der Waals surface area (Å²) in [5.41, 5.74) is 3.48. The molecular weight excluding hydrogens is 340 g/mol. The summed E-state index contributed by atoms with van der Waals surface area (Å²) in [7, 11) is 2.09. The summed E-state index contributed by atoms with van der Waals surface area (Å²) in [6, 6.07) is 16.3. The Balaban J connectivity index is 1.72. The van der Waals surface area contributed by atoms with E-state index in [1.807, 2.05) is 24.3 Å². The zero-order valence-electron chi connectivity index (χ0n) is 12.6. The molecule has 3 nitrogen and oxygen atoms in total. The van der Waals surface area contributed by atoms with E-state index >= 15 is 0 Å². The molecule has 0 aliphatic carbocycles. The predicted molar refractivity (Wildman–Crippen MR) is 92.9 cm³/mol. The summed E-state index contributed by atoms with van der Waals surface area (Å²) >= 11 is 3.40. The van der Waals surface area contributed by atoms with Crippen molar-refractivity contribution < 1.29 is 4.79 Å². The van der Waals surface area contributed by atoms with E-state index in [0.29, 0.717) is 6.42 Å². The zero-order chi connectivity index (χ0) is 15.5. The fourth-order valence-corrected chi connectivity index (χ4v) is 3.23. The maximum absolute atomic E-state index is 12.4. The lowest BCUT2D eigenvalue weighted by Crippen LogP contribution is -2.34. The number of carbonyl (C=O) groups is 1. The van der Waals surface area contributed by atoms with Gasteiger partial charge in [-0.05, 0) is 48.9 Å². The van der Waals surface area contributed by atoms with Gasteiger partial charge in [0.1, 0.15) is 0 Å². The summed E-state index contributed by atoms with van der Waals surface area (Å²) in [5.74, 6) is 0.0517. The van der Waals surface area contributed by atoms with E-state index in [9.17, 15) is 4.79 Å². The normalized spacial score (nSPS) is 17.8. The van der Waals surface area contributed by atoms with E-state index in [2.05, 4.69) is 57.5 Å². The van der Waals surface area contributed by atoms with Crippen LogP contribution in [0.5, 0.6) is 0 Å². The lowest BCUT2D eigenvalue weighted by Gasteiger charge is -2.34. The number of rotatable bonds is 3. The van der Waals surface area contributed by atoms with Crippen molar-refractivity contribution in [2.45, 2.75) is 18.9 Å². The van der Waals surface area contributed by atoms with Gasteiger partial charge >= 0.3 is 0 Å². The summed E-state index contributed by atoms with van der Waals surface area (Å²) in [5, 5.41) is 2.98. The second kappa shape index (κ2) is 6.63. The maximum Gasteiger partial charge on any atom is 0.226 e.